The molecule has 0 fully saturated rings. The molecule has 0 radical (unpaired) electrons. The molecule has 4 nitrogen and oxygen atoms in total. The number of hydrogen-bond donors (Lipinski definition) is 2. The molecule has 0 atom stereocenters. The SMILES string of the molecule is CCCc1cc(NC(=O)/C=C/c2cccc(C)c2)n[nH]1. The first-order chi connectivity index (χ1) is 9.67. The van der Waals surface area contributed by atoms with Crippen LogP contribution in [0.4, 0.5) is 5.82 Å². The molecule has 1 heterocycles. The Balaban J connectivity index is 1.94. The number of benzene rings is 1. The third-order valence-electron chi connectivity index (χ3n) is 2.87. The van der Waals surface area contributed by atoms with Crippen molar-refractivity contribution in [3.8, 4) is 0 Å². The maximum absolute atomic E-state index is 11.8. The van der Waals surface area contributed by atoms with Gasteiger partial charge in [-0.25, -0.2) is 0 Å². The Morgan fingerprint density at radius 1 is 1.40 bits per heavy atom. The van der Waals surface area contributed by atoms with E-state index in [2.05, 4.69) is 22.4 Å². The second kappa shape index (κ2) is 6.70. The highest BCUT2D eigenvalue weighted by molar-refractivity contribution is 6.01. The summed E-state index contributed by atoms with van der Waals surface area (Å²) in [4.78, 5) is 11.8. The van der Waals surface area contributed by atoms with Gasteiger partial charge in [0.15, 0.2) is 5.82 Å². The van der Waals surface area contributed by atoms with E-state index in [0.717, 1.165) is 24.1 Å². The van der Waals surface area contributed by atoms with Crippen LogP contribution in [0.1, 0.15) is 30.2 Å². The second-order valence-electron chi connectivity index (χ2n) is 4.77. The molecule has 20 heavy (non-hydrogen) atoms. The fourth-order valence-electron chi connectivity index (χ4n) is 1.94. The number of carbonyl (C=O) groups excluding carboxylic acids is 1. The fourth-order valence-corrected chi connectivity index (χ4v) is 1.94. The molecular weight excluding hydrogens is 250 g/mol. The summed E-state index contributed by atoms with van der Waals surface area (Å²) >= 11 is 0. The molecule has 0 aliphatic rings. The van der Waals surface area contributed by atoms with E-state index in [-0.39, 0.29) is 5.91 Å². The second-order valence-corrected chi connectivity index (χ2v) is 4.77. The van der Waals surface area contributed by atoms with E-state index >= 15 is 0 Å². The molecule has 2 rings (SSSR count). The number of rotatable bonds is 5. The van der Waals surface area contributed by atoms with E-state index < -0.39 is 0 Å². The predicted molar refractivity (Wildman–Crippen MR) is 81.4 cm³/mol. The van der Waals surface area contributed by atoms with Crippen molar-refractivity contribution < 1.29 is 4.79 Å². The van der Waals surface area contributed by atoms with Crippen LogP contribution in [0.25, 0.3) is 6.08 Å². The highest BCUT2D eigenvalue weighted by Gasteiger charge is 2.02. The molecule has 0 unspecified atom stereocenters. The smallest absolute Gasteiger partial charge is 0.249 e. The van der Waals surface area contributed by atoms with Crippen LogP contribution < -0.4 is 5.32 Å². The highest BCUT2D eigenvalue weighted by Crippen LogP contribution is 2.08. The van der Waals surface area contributed by atoms with Crippen LogP contribution in [0.5, 0.6) is 0 Å². The van der Waals surface area contributed by atoms with E-state index in [1.807, 2.05) is 37.3 Å². The van der Waals surface area contributed by atoms with Crippen molar-refractivity contribution in [2.45, 2.75) is 26.7 Å². The number of hydrogen-bond acceptors (Lipinski definition) is 2. The monoisotopic (exact) mass is 269 g/mol. The van der Waals surface area contributed by atoms with Crippen LogP contribution in [0.15, 0.2) is 36.4 Å². The van der Waals surface area contributed by atoms with Gasteiger partial charge in [0.25, 0.3) is 0 Å². The zero-order valence-electron chi connectivity index (χ0n) is 11.8. The lowest BCUT2D eigenvalue weighted by Crippen LogP contribution is -2.07. The number of anilines is 1. The average molecular weight is 269 g/mol. The molecule has 104 valence electrons. The van der Waals surface area contributed by atoms with Crippen molar-refractivity contribution in [3.05, 3.63) is 53.2 Å². The minimum atomic E-state index is -0.180. The van der Waals surface area contributed by atoms with E-state index in [0.29, 0.717) is 5.82 Å². The van der Waals surface area contributed by atoms with Crippen LogP contribution in [0.3, 0.4) is 0 Å². The number of carbonyl (C=O) groups is 1. The summed E-state index contributed by atoms with van der Waals surface area (Å²) in [6.45, 7) is 4.13. The molecule has 0 spiro atoms. The van der Waals surface area contributed by atoms with Gasteiger partial charge in [0, 0.05) is 17.8 Å². The summed E-state index contributed by atoms with van der Waals surface area (Å²) in [6, 6.07) is 9.85. The molecule has 2 aromatic rings. The number of H-pyrrole nitrogens is 1. The Morgan fingerprint density at radius 2 is 2.25 bits per heavy atom. The lowest BCUT2D eigenvalue weighted by Gasteiger charge is -1.97. The lowest BCUT2D eigenvalue weighted by atomic mass is 10.1. The quantitative estimate of drug-likeness (QED) is 0.818. The van der Waals surface area contributed by atoms with Gasteiger partial charge in [-0.05, 0) is 25.0 Å². The molecule has 0 aliphatic carbocycles. The standard InChI is InChI=1S/C16H19N3O/c1-3-5-14-11-15(19-18-14)17-16(20)9-8-13-7-4-6-12(2)10-13/h4,6-11H,3,5H2,1-2H3,(H2,17,18,19,20)/b9-8+. The maximum Gasteiger partial charge on any atom is 0.249 e. The zero-order valence-corrected chi connectivity index (χ0v) is 11.8. The van der Waals surface area contributed by atoms with Crippen LogP contribution in [0, 0.1) is 6.92 Å². The summed E-state index contributed by atoms with van der Waals surface area (Å²) in [5, 5.41) is 9.70. The van der Waals surface area contributed by atoms with Crippen LogP contribution in [-0.4, -0.2) is 16.1 Å². The molecule has 4 heteroatoms. The Bertz CT molecular complexity index is 614. The molecule has 1 amide bonds. The van der Waals surface area contributed by atoms with Crippen molar-refractivity contribution in [1.29, 1.82) is 0 Å². The molecule has 0 aliphatic heterocycles. The Kier molecular flexibility index (Phi) is 4.71. The van der Waals surface area contributed by atoms with Crippen molar-refractivity contribution in [1.82, 2.24) is 10.2 Å². The van der Waals surface area contributed by atoms with Gasteiger partial charge in [-0.2, -0.15) is 5.10 Å². The van der Waals surface area contributed by atoms with Crippen molar-refractivity contribution >= 4 is 17.8 Å². The van der Waals surface area contributed by atoms with Gasteiger partial charge in [-0.1, -0.05) is 43.2 Å². The normalized spacial score (nSPS) is 10.9. The Labute approximate surface area is 118 Å². The summed E-state index contributed by atoms with van der Waals surface area (Å²) < 4.78 is 0. The highest BCUT2D eigenvalue weighted by atomic mass is 16.1. The van der Waals surface area contributed by atoms with Crippen molar-refractivity contribution in [2.75, 3.05) is 5.32 Å². The van der Waals surface area contributed by atoms with E-state index in [1.54, 1.807) is 6.08 Å². The van der Waals surface area contributed by atoms with Crippen LogP contribution >= 0.6 is 0 Å². The molecule has 0 saturated carbocycles. The minimum absolute atomic E-state index is 0.180. The van der Waals surface area contributed by atoms with Crippen molar-refractivity contribution in [2.24, 2.45) is 0 Å². The van der Waals surface area contributed by atoms with E-state index in [9.17, 15) is 4.79 Å². The molecule has 0 bridgehead atoms. The first-order valence-electron chi connectivity index (χ1n) is 6.77. The van der Waals surface area contributed by atoms with Gasteiger partial charge in [-0.15, -0.1) is 0 Å². The van der Waals surface area contributed by atoms with Gasteiger partial charge in [0.05, 0.1) is 0 Å². The van der Waals surface area contributed by atoms with Gasteiger partial charge < -0.3 is 5.32 Å². The van der Waals surface area contributed by atoms with E-state index in [4.69, 9.17) is 0 Å². The minimum Gasteiger partial charge on any atom is -0.306 e. The number of aromatic nitrogens is 2. The van der Waals surface area contributed by atoms with E-state index in [1.165, 1.54) is 11.6 Å². The van der Waals surface area contributed by atoms with Gasteiger partial charge in [0.2, 0.25) is 5.91 Å². The summed E-state index contributed by atoms with van der Waals surface area (Å²) in [5.41, 5.74) is 3.21. The molecule has 1 aromatic heterocycles. The number of amides is 1. The fraction of sp³-hybridized carbons (Fsp3) is 0.250. The van der Waals surface area contributed by atoms with Gasteiger partial charge in [0.1, 0.15) is 0 Å². The van der Waals surface area contributed by atoms with Crippen LogP contribution in [0.2, 0.25) is 0 Å². The molecule has 2 N–H and O–H groups in total. The predicted octanol–water partition coefficient (Wildman–Crippen LogP) is 3.32. The molecular formula is C16H19N3O. The lowest BCUT2D eigenvalue weighted by molar-refractivity contribution is -0.111. The van der Waals surface area contributed by atoms with Crippen LogP contribution in [-0.2, 0) is 11.2 Å². The van der Waals surface area contributed by atoms with Crippen molar-refractivity contribution in [3.63, 3.8) is 0 Å². The zero-order chi connectivity index (χ0) is 14.4. The first kappa shape index (κ1) is 14.1. The Hall–Kier alpha value is -2.36. The first-order valence-corrected chi connectivity index (χ1v) is 6.77. The number of aryl methyl sites for hydroxylation is 2. The summed E-state index contributed by atoms with van der Waals surface area (Å²) in [7, 11) is 0. The third-order valence-corrected chi connectivity index (χ3v) is 2.87. The maximum atomic E-state index is 11.8. The summed E-state index contributed by atoms with van der Waals surface area (Å²) in [6.07, 6.45) is 5.29. The van der Waals surface area contributed by atoms with Gasteiger partial charge >= 0.3 is 0 Å². The Morgan fingerprint density at radius 3 is 3.00 bits per heavy atom. The number of aromatic amines is 1. The van der Waals surface area contributed by atoms with Gasteiger partial charge in [-0.3, -0.25) is 9.89 Å². The number of nitrogens with one attached hydrogen (secondary N) is 2. The average Bonchev–Trinajstić information content (AvgIpc) is 2.84. The topological polar surface area (TPSA) is 57.8 Å². The largest absolute Gasteiger partial charge is 0.306 e. The third kappa shape index (κ3) is 4.09. The number of nitrogens with zero attached hydrogens (tertiary/aromatic N) is 1. The molecule has 0 saturated heterocycles. The summed E-state index contributed by atoms with van der Waals surface area (Å²) in [5.74, 6) is 0.383. The molecule has 1 aromatic carbocycles.